The lowest BCUT2D eigenvalue weighted by Crippen LogP contribution is -2.54. The first kappa shape index (κ1) is 26.7. The lowest BCUT2D eigenvalue weighted by Gasteiger charge is -2.40. The smallest absolute Gasteiger partial charge is 0.264 e. The van der Waals surface area contributed by atoms with Gasteiger partial charge in [0.2, 0.25) is 11.8 Å². The average molecular weight is 545 g/mol. The molecule has 0 aliphatic carbocycles. The molecule has 4 heterocycles. The summed E-state index contributed by atoms with van der Waals surface area (Å²) in [6, 6.07) is 12.6. The highest BCUT2D eigenvalue weighted by Gasteiger charge is 2.46. The van der Waals surface area contributed by atoms with Crippen molar-refractivity contribution in [2.75, 3.05) is 18.4 Å². The van der Waals surface area contributed by atoms with Crippen molar-refractivity contribution >= 4 is 29.3 Å². The van der Waals surface area contributed by atoms with Gasteiger partial charge in [0.1, 0.15) is 6.04 Å². The Morgan fingerprint density at radius 3 is 2.33 bits per heavy atom. The number of likely N-dealkylation sites (tertiary alicyclic amines) is 1. The largest absolute Gasteiger partial charge is 0.380 e. The number of nitrogens with zero attached hydrogens (tertiary/aromatic N) is 2. The Morgan fingerprint density at radius 2 is 1.65 bits per heavy atom. The van der Waals surface area contributed by atoms with E-state index in [1.54, 1.807) is 18.2 Å². The minimum atomic E-state index is -0.978. The molecule has 2 aromatic rings. The Balaban J connectivity index is 1.06. The fraction of sp³-hybridized carbons (Fsp3) is 0.484. The van der Waals surface area contributed by atoms with E-state index in [4.69, 9.17) is 4.74 Å². The summed E-state index contributed by atoms with van der Waals surface area (Å²) in [7, 11) is 0. The second-order valence-corrected chi connectivity index (χ2v) is 12.2. The standard InChI is InChI=1S/C31H36N4O5/c1-30(2)12-13-31(40-30)14-16-34(17-15-31)19-21-8-6-20(7-9-21)18-32-23-5-3-4-22-26(23)29(39)35(28(22)38)24-10-11-25(36)33-27(24)37/h3-9,24,32H,10-19H2,1-2H3,(H,33,36,37). The summed E-state index contributed by atoms with van der Waals surface area (Å²) in [6.45, 7) is 7.87. The molecule has 0 saturated carbocycles. The van der Waals surface area contributed by atoms with Gasteiger partial charge in [-0.25, -0.2) is 0 Å². The Kier molecular flexibility index (Phi) is 6.74. The van der Waals surface area contributed by atoms with Gasteiger partial charge in [-0.1, -0.05) is 30.3 Å². The molecule has 0 bridgehead atoms. The maximum absolute atomic E-state index is 13.3. The molecule has 3 fully saturated rings. The molecule has 4 aliphatic rings. The number of rotatable bonds is 6. The number of piperidine rings is 2. The number of carbonyl (C=O) groups is 4. The molecule has 1 unspecified atom stereocenters. The van der Waals surface area contributed by atoms with Crippen LogP contribution in [-0.2, 0) is 27.4 Å². The Bertz CT molecular complexity index is 1360. The van der Waals surface area contributed by atoms with E-state index in [1.165, 1.54) is 5.56 Å². The molecule has 2 aromatic carbocycles. The normalized spacial score (nSPS) is 23.9. The van der Waals surface area contributed by atoms with Crippen molar-refractivity contribution in [1.29, 1.82) is 0 Å². The molecule has 1 atom stereocenters. The van der Waals surface area contributed by atoms with Crippen LogP contribution in [0.1, 0.15) is 84.2 Å². The van der Waals surface area contributed by atoms with E-state index in [0.29, 0.717) is 12.2 Å². The topological polar surface area (TPSA) is 108 Å². The van der Waals surface area contributed by atoms with Crippen LogP contribution >= 0.6 is 0 Å². The van der Waals surface area contributed by atoms with Gasteiger partial charge in [0.15, 0.2) is 0 Å². The number of nitrogens with one attached hydrogen (secondary N) is 2. The van der Waals surface area contributed by atoms with E-state index in [0.717, 1.165) is 55.8 Å². The summed E-state index contributed by atoms with van der Waals surface area (Å²) < 4.78 is 6.43. The predicted molar refractivity (Wildman–Crippen MR) is 149 cm³/mol. The second kappa shape index (κ2) is 10.1. The van der Waals surface area contributed by atoms with Crippen molar-refractivity contribution in [3.63, 3.8) is 0 Å². The van der Waals surface area contributed by atoms with E-state index >= 15 is 0 Å². The van der Waals surface area contributed by atoms with Gasteiger partial charge >= 0.3 is 0 Å². The zero-order valence-corrected chi connectivity index (χ0v) is 23.1. The summed E-state index contributed by atoms with van der Waals surface area (Å²) in [5, 5.41) is 5.54. The first-order valence-electron chi connectivity index (χ1n) is 14.2. The number of hydrogen-bond acceptors (Lipinski definition) is 7. The maximum Gasteiger partial charge on any atom is 0.264 e. The summed E-state index contributed by atoms with van der Waals surface area (Å²) >= 11 is 0. The molecular weight excluding hydrogens is 508 g/mol. The summed E-state index contributed by atoms with van der Waals surface area (Å²) in [5.41, 5.74) is 3.47. The number of hydrogen-bond donors (Lipinski definition) is 2. The molecule has 210 valence electrons. The van der Waals surface area contributed by atoms with E-state index in [9.17, 15) is 19.2 Å². The van der Waals surface area contributed by atoms with Gasteiger partial charge in [-0.3, -0.25) is 34.3 Å². The van der Waals surface area contributed by atoms with E-state index in [2.05, 4.69) is 53.6 Å². The molecule has 9 nitrogen and oxygen atoms in total. The molecule has 3 saturated heterocycles. The predicted octanol–water partition coefficient (Wildman–Crippen LogP) is 3.62. The first-order chi connectivity index (χ1) is 19.1. The van der Waals surface area contributed by atoms with Gasteiger partial charge in [0, 0.05) is 38.3 Å². The monoisotopic (exact) mass is 544 g/mol. The van der Waals surface area contributed by atoms with Crippen LogP contribution in [0.2, 0.25) is 0 Å². The quantitative estimate of drug-likeness (QED) is 0.535. The van der Waals surface area contributed by atoms with Crippen LogP contribution < -0.4 is 10.6 Å². The third kappa shape index (κ3) is 5.04. The molecule has 4 aliphatic heterocycles. The molecule has 40 heavy (non-hydrogen) atoms. The van der Waals surface area contributed by atoms with Crippen molar-refractivity contribution in [1.82, 2.24) is 15.1 Å². The highest BCUT2D eigenvalue weighted by Crippen LogP contribution is 2.43. The van der Waals surface area contributed by atoms with Crippen LogP contribution in [0.4, 0.5) is 5.69 Å². The van der Waals surface area contributed by atoms with Crippen molar-refractivity contribution in [2.45, 2.75) is 82.7 Å². The Labute approximate surface area is 234 Å². The highest BCUT2D eigenvalue weighted by molar-refractivity contribution is 6.25. The zero-order chi connectivity index (χ0) is 28.1. The lowest BCUT2D eigenvalue weighted by molar-refractivity contribution is -0.136. The van der Waals surface area contributed by atoms with Gasteiger partial charge in [-0.15, -0.1) is 0 Å². The average Bonchev–Trinajstić information content (AvgIpc) is 3.37. The number of fused-ring (bicyclic) bond motifs is 1. The van der Waals surface area contributed by atoms with E-state index in [1.807, 2.05) is 0 Å². The minimum absolute atomic E-state index is 0.00161. The van der Waals surface area contributed by atoms with Gasteiger partial charge in [-0.05, 0) is 69.2 Å². The van der Waals surface area contributed by atoms with Gasteiger partial charge in [0.05, 0.1) is 22.3 Å². The number of benzene rings is 2. The van der Waals surface area contributed by atoms with Gasteiger partial charge in [-0.2, -0.15) is 0 Å². The minimum Gasteiger partial charge on any atom is -0.380 e. The summed E-state index contributed by atoms with van der Waals surface area (Å²) in [4.78, 5) is 53.8. The van der Waals surface area contributed by atoms with Crippen molar-refractivity contribution in [2.24, 2.45) is 0 Å². The third-order valence-electron chi connectivity index (χ3n) is 8.82. The molecule has 6 rings (SSSR count). The van der Waals surface area contributed by atoms with Crippen LogP contribution in [0, 0.1) is 0 Å². The zero-order valence-electron chi connectivity index (χ0n) is 23.1. The van der Waals surface area contributed by atoms with E-state index in [-0.39, 0.29) is 35.2 Å². The number of carbonyl (C=O) groups excluding carboxylic acids is 4. The summed E-state index contributed by atoms with van der Waals surface area (Å²) in [6.07, 6.45) is 4.70. The first-order valence-corrected chi connectivity index (χ1v) is 14.2. The molecule has 2 N–H and O–H groups in total. The lowest BCUT2D eigenvalue weighted by atomic mass is 9.88. The number of amides is 4. The van der Waals surface area contributed by atoms with Crippen LogP contribution in [0.25, 0.3) is 0 Å². The fourth-order valence-electron chi connectivity index (χ4n) is 6.57. The molecule has 9 heteroatoms. The molecule has 0 aromatic heterocycles. The van der Waals surface area contributed by atoms with Crippen LogP contribution in [0.5, 0.6) is 0 Å². The van der Waals surface area contributed by atoms with Crippen LogP contribution in [-0.4, -0.2) is 63.8 Å². The van der Waals surface area contributed by atoms with Gasteiger partial charge < -0.3 is 10.1 Å². The molecule has 4 amide bonds. The number of imide groups is 2. The molecular formula is C31H36N4O5. The number of ether oxygens (including phenoxy) is 1. The molecule has 1 spiro atoms. The van der Waals surface area contributed by atoms with Crippen molar-refractivity contribution < 1.29 is 23.9 Å². The SMILES string of the molecule is CC1(C)CCC2(CCN(Cc3ccc(CNc4cccc5c4C(=O)N(C4CCC(=O)NC4=O)C5=O)cc3)CC2)O1. The number of anilines is 1. The van der Waals surface area contributed by atoms with Crippen molar-refractivity contribution in [3.8, 4) is 0 Å². The second-order valence-electron chi connectivity index (χ2n) is 12.2. The third-order valence-corrected chi connectivity index (χ3v) is 8.82. The maximum atomic E-state index is 13.3. The molecule has 0 radical (unpaired) electrons. The fourth-order valence-corrected chi connectivity index (χ4v) is 6.57. The van der Waals surface area contributed by atoms with Crippen molar-refractivity contribution in [3.05, 3.63) is 64.7 Å². The van der Waals surface area contributed by atoms with Crippen LogP contribution in [0.15, 0.2) is 42.5 Å². The Morgan fingerprint density at radius 1 is 0.925 bits per heavy atom. The highest BCUT2D eigenvalue weighted by atomic mass is 16.5. The Hall–Kier alpha value is -3.56. The van der Waals surface area contributed by atoms with Crippen LogP contribution in [0.3, 0.4) is 0 Å². The summed E-state index contributed by atoms with van der Waals surface area (Å²) in [5.74, 6) is -2.02. The van der Waals surface area contributed by atoms with Gasteiger partial charge in [0.25, 0.3) is 11.8 Å². The van der Waals surface area contributed by atoms with E-state index < -0.39 is 29.7 Å².